The Hall–Kier alpha value is -0.660. The molecule has 0 amide bonds. The summed E-state index contributed by atoms with van der Waals surface area (Å²) in [6.45, 7) is 12.4. The highest BCUT2D eigenvalue weighted by molar-refractivity contribution is 5.19. The van der Waals surface area contributed by atoms with Crippen molar-refractivity contribution in [3.63, 3.8) is 0 Å². The van der Waals surface area contributed by atoms with E-state index in [1.807, 2.05) is 0 Å². The first-order valence-electron chi connectivity index (χ1n) is 5.78. The highest BCUT2D eigenvalue weighted by atomic mass is 15.4. The summed E-state index contributed by atoms with van der Waals surface area (Å²) in [4.78, 5) is 2.52. The van der Waals surface area contributed by atoms with E-state index in [0.29, 0.717) is 0 Å². The zero-order valence-electron chi connectivity index (χ0n) is 10.3. The second-order valence-electron chi connectivity index (χ2n) is 4.47. The molecule has 0 bridgehead atoms. The minimum atomic E-state index is 0.156. The van der Waals surface area contributed by atoms with E-state index in [1.165, 1.54) is 30.8 Å². The highest BCUT2D eigenvalue weighted by Gasteiger charge is 2.35. The molecule has 2 nitrogen and oxygen atoms in total. The predicted molar refractivity (Wildman–Crippen MR) is 61.8 cm³/mol. The Morgan fingerprint density at radius 1 is 1.29 bits per heavy atom. The van der Waals surface area contributed by atoms with Gasteiger partial charge in [-0.2, -0.15) is 0 Å². The van der Waals surface area contributed by atoms with Gasteiger partial charge >= 0.3 is 0 Å². The first kappa shape index (κ1) is 11.4. The van der Waals surface area contributed by atoms with Crippen LogP contribution in [0.2, 0.25) is 0 Å². The van der Waals surface area contributed by atoms with Crippen LogP contribution in [0.5, 0.6) is 0 Å². The fourth-order valence-corrected chi connectivity index (χ4v) is 2.14. The SMILES string of the molecule is CCCCN1C(C)=C(C)NC1(C)CC. The lowest BCUT2D eigenvalue weighted by molar-refractivity contribution is 0.141. The second kappa shape index (κ2) is 4.24. The van der Waals surface area contributed by atoms with Gasteiger partial charge < -0.3 is 10.2 Å². The number of allylic oxidation sites excluding steroid dienone is 2. The van der Waals surface area contributed by atoms with Crippen LogP contribution in [-0.4, -0.2) is 17.1 Å². The molecule has 82 valence electrons. The summed E-state index contributed by atoms with van der Waals surface area (Å²) in [5.41, 5.74) is 2.91. The lowest BCUT2D eigenvalue weighted by Gasteiger charge is -2.37. The Labute approximate surface area is 88.4 Å². The van der Waals surface area contributed by atoms with Gasteiger partial charge in [0.1, 0.15) is 5.66 Å². The molecule has 0 aromatic carbocycles. The van der Waals surface area contributed by atoms with Crippen molar-refractivity contribution in [2.45, 2.75) is 59.5 Å². The Bertz CT molecular complexity index is 232. The van der Waals surface area contributed by atoms with E-state index in [0.717, 1.165) is 6.42 Å². The number of rotatable bonds is 4. The van der Waals surface area contributed by atoms with E-state index in [-0.39, 0.29) is 5.66 Å². The van der Waals surface area contributed by atoms with Crippen LogP contribution in [0.3, 0.4) is 0 Å². The number of unbranched alkanes of at least 4 members (excludes halogenated alkanes) is 1. The average molecular weight is 196 g/mol. The topological polar surface area (TPSA) is 15.3 Å². The molecule has 1 unspecified atom stereocenters. The van der Waals surface area contributed by atoms with Gasteiger partial charge in [0.05, 0.1) is 0 Å². The Morgan fingerprint density at radius 2 is 1.93 bits per heavy atom. The average Bonchev–Trinajstić information content (AvgIpc) is 2.37. The molecule has 0 radical (unpaired) electrons. The molecule has 0 aliphatic carbocycles. The summed E-state index contributed by atoms with van der Waals surface area (Å²) in [6.07, 6.45) is 3.69. The van der Waals surface area contributed by atoms with E-state index in [9.17, 15) is 0 Å². The van der Waals surface area contributed by atoms with Crippen LogP contribution in [0.15, 0.2) is 11.4 Å². The first-order valence-corrected chi connectivity index (χ1v) is 5.78. The van der Waals surface area contributed by atoms with Crippen LogP contribution in [0.25, 0.3) is 0 Å². The third-order valence-corrected chi connectivity index (χ3v) is 3.42. The van der Waals surface area contributed by atoms with Crippen molar-refractivity contribution in [1.82, 2.24) is 10.2 Å². The van der Waals surface area contributed by atoms with Gasteiger partial charge in [-0.3, -0.25) is 0 Å². The maximum Gasteiger partial charge on any atom is 0.107 e. The predicted octanol–water partition coefficient (Wildman–Crippen LogP) is 3.07. The van der Waals surface area contributed by atoms with Crippen molar-refractivity contribution in [3.8, 4) is 0 Å². The normalized spacial score (nSPS) is 27.1. The van der Waals surface area contributed by atoms with Gasteiger partial charge in [-0.15, -0.1) is 0 Å². The van der Waals surface area contributed by atoms with Crippen LogP contribution >= 0.6 is 0 Å². The van der Waals surface area contributed by atoms with Gasteiger partial charge in [-0.25, -0.2) is 0 Å². The third-order valence-electron chi connectivity index (χ3n) is 3.42. The minimum Gasteiger partial charge on any atom is -0.365 e. The first-order chi connectivity index (χ1) is 6.55. The van der Waals surface area contributed by atoms with E-state index in [1.54, 1.807) is 0 Å². The van der Waals surface area contributed by atoms with Crippen molar-refractivity contribution in [1.29, 1.82) is 0 Å². The molecule has 0 saturated heterocycles. The van der Waals surface area contributed by atoms with E-state index >= 15 is 0 Å². The highest BCUT2D eigenvalue weighted by Crippen LogP contribution is 2.30. The third kappa shape index (κ3) is 1.89. The standard InChI is InChI=1S/C12H24N2/c1-6-8-9-14-11(4)10(3)13-12(14,5)7-2/h13H,6-9H2,1-5H3. The zero-order valence-corrected chi connectivity index (χ0v) is 10.3. The molecule has 1 rings (SSSR count). The molecule has 0 aromatic rings. The van der Waals surface area contributed by atoms with Gasteiger partial charge in [-0.05, 0) is 33.6 Å². The molecular formula is C12H24N2. The van der Waals surface area contributed by atoms with Crippen molar-refractivity contribution in [2.75, 3.05) is 6.54 Å². The van der Waals surface area contributed by atoms with Crippen molar-refractivity contribution in [2.24, 2.45) is 0 Å². The van der Waals surface area contributed by atoms with Crippen LogP contribution < -0.4 is 5.32 Å². The Morgan fingerprint density at radius 3 is 2.43 bits per heavy atom. The summed E-state index contributed by atoms with van der Waals surface area (Å²) < 4.78 is 0. The largest absolute Gasteiger partial charge is 0.365 e. The molecule has 1 aliphatic rings. The van der Waals surface area contributed by atoms with Gasteiger partial charge in [-0.1, -0.05) is 20.3 Å². The number of hydrogen-bond donors (Lipinski definition) is 1. The smallest absolute Gasteiger partial charge is 0.107 e. The lowest BCUT2D eigenvalue weighted by Crippen LogP contribution is -2.49. The van der Waals surface area contributed by atoms with Crippen LogP contribution in [0.4, 0.5) is 0 Å². The molecule has 0 fully saturated rings. The lowest BCUT2D eigenvalue weighted by atomic mass is 10.1. The number of nitrogens with zero attached hydrogens (tertiary/aromatic N) is 1. The van der Waals surface area contributed by atoms with Gasteiger partial charge in [0.15, 0.2) is 0 Å². The summed E-state index contributed by atoms with van der Waals surface area (Å²) in [5.74, 6) is 0. The van der Waals surface area contributed by atoms with Gasteiger partial charge in [0, 0.05) is 17.9 Å². The van der Waals surface area contributed by atoms with Crippen molar-refractivity contribution >= 4 is 0 Å². The molecule has 1 N–H and O–H groups in total. The van der Waals surface area contributed by atoms with Crippen LogP contribution in [0, 0.1) is 0 Å². The summed E-state index contributed by atoms with van der Waals surface area (Å²) in [7, 11) is 0. The maximum absolute atomic E-state index is 3.59. The summed E-state index contributed by atoms with van der Waals surface area (Å²) in [5, 5.41) is 3.59. The number of nitrogens with one attached hydrogen (secondary N) is 1. The fraction of sp³-hybridized carbons (Fsp3) is 0.833. The van der Waals surface area contributed by atoms with E-state index < -0.39 is 0 Å². The molecule has 0 aromatic heterocycles. The van der Waals surface area contributed by atoms with Gasteiger partial charge in [0.25, 0.3) is 0 Å². The van der Waals surface area contributed by atoms with Gasteiger partial charge in [0.2, 0.25) is 0 Å². The quantitative estimate of drug-likeness (QED) is 0.743. The monoisotopic (exact) mass is 196 g/mol. The molecule has 0 spiro atoms. The molecular weight excluding hydrogens is 172 g/mol. The zero-order chi connectivity index (χ0) is 10.8. The Kier molecular flexibility index (Phi) is 3.46. The molecule has 0 saturated carbocycles. The molecule has 1 aliphatic heterocycles. The summed E-state index contributed by atoms with van der Waals surface area (Å²) >= 11 is 0. The molecule has 1 atom stereocenters. The van der Waals surface area contributed by atoms with Crippen molar-refractivity contribution in [3.05, 3.63) is 11.4 Å². The fourth-order valence-electron chi connectivity index (χ4n) is 2.14. The molecule has 1 heterocycles. The van der Waals surface area contributed by atoms with Crippen LogP contribution in [-0.2, 0) is 0 Å². The maximum atomic E-state index is 3.59. The van der Waals surface area contributed by atoms with E-state index in [4.69, 9.17) is 0 Å². The van der Waals surface area contributed by atoms with E-state index in [2.05, 4.69) is 44.8 Å². The van der Waals surface area contributed by atoms with Crippen LogP contribution in [0.1, 0.15) is 53.9 Å². The second-order valence-corrected chi connectivity index (χ2v) is 4.47. The number of hydrogen-bond acceptors (Lipinski definition) is 2. The Balaban J connectivity index is 2.74. The molecule has 2 heteroatoms. The summed E-state index contributed by atoms with van der Waals surface area (Å²) in [6, 6.07) is 0. The van der Waals surface area contributed by atoms with Crippen molar-refractivity contribution < 1.29 is 0 Å². The molecule has 14 heavy (non-hydrogen) atoms. The minimum absolute atomic E-state index is 0.156.